The van der Waals surface area contributed by atoms with E-state index in [2.05, 4.69) is 25.9 Å². The van der Waals surface area contributed by atoms with Crippen LogP contribution >= 0.6 is 27.3 Å². The molecule has 3 rings (SSSR count). The van der Waals surface area contributed by atoms with Gasteiger partial charge in [0.2, 0.25) is 5.13 Å². The highest BCUT2D eigenvalue weighted by Gasteiger charge is 2.05. The largest absolute Gasteiger partial charge is 0.507 e. The molecule has 1 aromatic heterocycles. The van der Waals surface area contributed by atoms with Gasteiger partial charge in [0.1, 0.15) is 5.75 Å². The highest BCUT2D eigenvalue weighted by Crippen LogP contribution is 2.28. The van der Waals surface area contributed by atoms with Crippen LogP contribution < -0.4 is 0 Å². The Labute approximate surface area is 141 Å². The van der Waals surface area contributed by atoms with Gasteiger partial charge in [0.25, 0.3) is 0 Å². The fourth-order valence-electron chi connectivity index (χ4n) is 2.03. The van der Waals surface area contributed by atoms with Crippen LogP contribution in [-0.2, 0) is 0 Å². The fraction of sp³-hybridized carbons (Fsp3) is 0.0588. The molecular formula is C17H13BrN2OS. The van der Waals surface area contributed by atoms with Crippen LogP contribution in [0.25, 0.3) is 11.3 Å². The highest BCUT2D eigenvalue weighted by atomic mass is 79.9. The van der Waals surface area contributed by atoms with Gasteiger partial charge in [-0.15, -0.1) is 11.3 Å². The molecule has 0 spiro atoms. The Morgan fingerprint density at radius 3 is 2.68 bits per heavy atom. The molecule has 0 saturated carbocycles. The predicted molar refractivity (Wildman–Crippen MR) is 95.3 cm³/mol. The molecule has 5 heteroatoms. The summed E-state index contributed by atoms with van der Waals surface area (Å²) < 4.78 is 1.04. The number of benzene rings is 2. The minimum absolute atomic E-state index is 0.230. The number of hydrogen-bond acceptors (Lipinski definition) is 4. The Bertz CT molecular complexity index is 805. The SMILES string of the molecule is Cc1cccc(O)c1/C=N/c1nc(-c2ccc(Br)cc2)cs1. The first-order valence-corrected chi connectivity index (χ1v) is 8.35. The van der Waals surface area contributed by atoms with Crippen LogP contribution in [0.1, 0.15) is 11.1 Å². The van der Waals surface area contributed by atoms with Gasteiger partial charge >= 0.3 is 0 Å². The van der Waals surface area contributed by atoms with Crippen LogP contribution in [0.3, 0.4) is 0 Å². The zero-order valence-electron chi connectivity index (χ0n) is 11.8. The molecule has 0 aliphatic carbocycles. The van der Waals surface area contributed by atoms with Crippen LogP contribution in [0.15, 0.2) is 57.3 Å². The third kappa shape index (κ3) is 3.26. The summed E-state index contributed by atoms with van der Waals surface area (Å²) in [6.07, 6.45) is 1.66. The molecule has 0 atom stereocenters. The molecule has 0 saturated heterocycles. The molecule has 110 valence electrons. The van der Waals surface area contributed by atoms with Gasteiger partial charge in [-0.2, -0.15) is 0 Å². The van der Waals surface area contributed by atoms with Gasteiger partial charge < -0.3 is 5.11 Å². The van der Waals surface area contributed by atoms with Crippen molar-refractivity contribution in [2.75, 3.05) is 0 Å². The molecule has 0 aliphatic heterocycles. The minimum Gasteiger partial charge on any atom is -0.507 e. The number of nitrogens with zero attached hydrogens (tertiary/aromatic N) is 2. The number of rotatable bonds is 3. The van der Waals surface area contributed by atoms with Crippen molar-refractivity contribution in [1.82, 2.24) is 4.98 Å². The van der Waals surface area contributed by atoms with E-state index in [-0.39, 0.29) is 5.75 Å². The minimum atomic E-state index is 0.230. The summed E-state index contributed by atoms with van der Waals surface area (Å²) in [5, 5.41) is 12.5. The molecule has 2 aromatic carbocycles. The summed E-state index contributed by atoms with van der Waals surface area (Å²) in [5.74, 6) is 0.230. The smallest absolute Gasteiger partial charge is 0.209 e. The van der Waals surface area contributed by atoms with E-state index >= 15 is 0 Å². The molecule has 0 aliphatic rings. The first kappa shape index (κ1) is 14.9. The van der Waals surface area contributed by atoms with Crippen molar-refractivity contribution in [3.8, 4) is 17.0 Å². The lowest BCUT2D eigenvalue weighted by Gasteiger charge is -2.01. The molecule has 3 nitrogen and oxygen atoms in total. The second-order valence-electron chi connectivity index (χ2n) is 4.79. The lowest BCUT2D eigenvalue weighted by atomic mass is 10.1. The Balaban J connectivity index is 1.85. The van der Waals surface area contributed by atoms with Gasteiger partial charge in [0.15, 0.2) is 0 Å². The van der Waals surface area contributed by atoms with E-state index in [9.17, 15) is 5.11 Å². The normalized spacial score (nSPS) is 11.2. The van der Waals surface area contributed by atoms with E-state index in [1.807, 2.05) is 48.7 Å². The van der Waals surface area contributed by atoms with Crippen molar-refractivity contribution >= 4 is 38.6 Å². The summed E-state index contributed by atoms with van der Waals surface area (Å²) >= 11 is 4.90. The second-order valence-corrected chi connectivity index (χ2v) is 6.54. The van der Waals surface area contributed by atoms with Crippen molar-refractivity contribution in [3.05, 3.63) is 63.4 Å². The number of aromatic nitrogens is 1. The maximum absolute atomic E-state index is 9.87. The van der Waals surface area contributed by atoms with E-state index in [1.54, 1.807) is 12.3 Å². The lowest BCUT2D eigenvalue weighted by molar-refractivity contribution is 0.474. The van der Waals surface area contributed by atoms with Gasteiger partial charge in [-0.1, -0.05) is 40.2 Å². The Morgan fingerprint density at radius 1 is 1.18 bits per heavy atom. The van der Waals surface area contributed by atoms with Crippen molar-refractivity contribution in [2.24, 2.45) is 4.99 Å². The Hall–Kier alpha value is -1.98. The summed E-state index contributed by atoms with van der Waals surface area (Å²) in [6.45, 7) is 1.94. The van der Waals surface area contributed by atoms with Crippen molar-refractivity contribution in [1.29, 1.82) is 0 Å². The molecule has 0 amide bonds. The van der Waals surface area contributed by atoms with Gasteiger partial charge in [-0.05, 0) is 30.7 Å². The summed E-state index contributed by atoms with van der Waals surface area (Å²) in [4.78, 5) is 8.88. The van der Waals surface area contributed by atoms with Crippen LogP contribution in [0, 0.1) is 6.92 Å². The highest BCUT2D eigenvalue weighted by molar-refractivity contribution is 9.10. The predicted octanol–water partition coefficient (Wildman–Crippen LogP) is 5.34. The number of hydrogen-bond donors (Lipinski definition) is 1. The number of halogens is 1. The number of phenols is 1. The van der Waals surface area contributed by atoms with E-state index in [0.29, 0.717) is 5.13 Å². The molecule has 0 fully saturated rings. The van der Waals surface area contributed by atoms with Crippen molar-refractivity contribution in [3.63, 3.8) is 0 Å². The number of phenolic OH excluding ortho intramolecular Hbond substituents is 1. The first-order valence-electron chi connectivity index (χ1n) is 6.67. The van der Waals surface area contributed by atoms with E-state index in [4.69, 9.17) is 0 Å². The molecule has 0 radical (unpaired) electrons. The van der Waals surface area contributed by atoms with Gasteiger partial charge in [-0.3, -0.25) is 0 Å². The van der Waals surface area contributed by atoms with Gasteiger partial charge in [-0.25, -0.2) is 9.98 Å². The Kier molecular flexibility index (Phi) is 4.36. The third-order valence-electron chi connectivity index (χ3n) is 3.24. The van der Waals surface area contributed by atoms with E-state index < -0.39 is 0 Å². The lowest BCUT2D eigenvalue weighted by Crippen LogP contribution is -1.87. The number of aromatic hydroxyl groups is 1. The topological polar surface area (TPSA) is 45.5 Å². The maximum Gasteiger partial charge on any atom is 0.209 e. The van der Waals surface area contributed by atoms with E-state index in [0.717, 1.165) is 26.9 Å². The van der Waals surface area contributed by atoms with Crippen LogP contribution in [-0.4, -0.2) is 16.3 Å². The van der Waals surface area contributed by atoms with E-state index in [1.165, 1.54) is 11.3 Å². The Morgan fingerprint density at radius 2 is 1.95 bits per heavy atom. The van der Waals surface area contributed by atoms with Crippen LogP contribution in [0.4, 0.5) is 5.13 Å². The summed E-state index contributed by atoms with van der Waals surface area (Å²) in [6, 6.07) is 13.4. The molecular weight excluding hydrogens is 360 g/mol. The first-order chi connectivity index (χ1) is 10.6. The second kappa shape index (κ2) is 6.42. The summed E-state index contributed by atoms with van der Waals surface area (Å²) in [5.41, 5.74) is 3.66. The standard InChI is InChI=1S/C17H13BrN2OS/c1-11-3-2-4-16(21)14(11)9-19-17-20-15(10-22-17)12-5-7-13(18)8-6-12/h2-10,21H,1H3/b19-9+. The quantitative estimate of drug-likeness (QED) is 0.630. The third-order valence-corrected chi connectivity index (χ3v) is 4.51. The molecule has 1 N–H and O–H groups in total. The maximum atomic E-state index is 9.87. The van der Waals surface area contributed by atoms with Crippen LogP contribution in [0.5, 0.6) is 5.75 Å². The molecule has 1 heterocycles. The number of aryl methyl sites for hydroxylation is 1. The average Bonchev–Trinajstić information content (AvgIpc) is 2.96. The van der Waals surface area contributed by atoms with Gasteiger partial charge in [0.05, 0.1) is 5.69 Å². The molecule has 22 heavy (non-hydrogen) atoms. The molecule has 3 aromatic rings. The number of aliphatic imine (C=N–C) groups is 1. The molecule has 0 unspecified atom stereocenters. The van der Waals surface area contributed by atoms with Gasteiger partial charge in [0, 0.05) is 27.2 Å². The number of thiazole rings is 1. The fourth-order valence-corrected chi connectivity index (χ4v) is 2.96. The summed E-state index contributed by atoms with van der Waals surface area (Å²) in [7, 11) is 0. The van der Waals surface area contributed by atoms with Crippen LogP contribution in [0.2, 0.25) is 0 Å². The molecule has 0 bridgehead atoms. The monoisotopic (exact) mass is 372 g/mol. The zero-order chi connectivity index (χ0) is 15.5. The van der Waals surface area contributed by atoms with Crippen molar-refractivity contribution < 1.29 is 5.11 Å². The van der Waals surface area contributed by atoms with Crippen molar-refractivity contribution in [2.45, 2.75) is 6.92 Å². The zero-order valence-corrected chi connectivity index (χ0v) is 14.2. The average molecular weight is 373 g/mol.